The smallest absolute Gasteiger partial charge is 0.127 e. The van der Waals surface area contributed by atoms with Gasteiger partial charge in [0.15, 0.2) is 0 Å². The normalized spacial score (nSPS) is 11.2. The molecule has 0 amide bonds. The second-order valence-electron chi connectivity index (χ2n) is 7.49. The topological polar surface area (TPSA) is 54.0 Å². The van der Waals surface area contributed by atoms with E-state index in [-0.39, 0.29) is 0 Å². The van der Waals surface area contributed by atoms with E-state index in [9.17, 15) is 0 Å². The van der Waals surface area contributed by atoms with Crippen LogP contribution >= 0.6 is 0 Å². The third kappa shape index (κ3) is 2.95. The van der Waals surface area contributed by atoms with Crippen molar-refractivity contribution in [2.45, 2.75) is 0 Å². The lowest BCUT2D eigenvalue weighted by molar-refractivity contribution is 0.417. The average Bonchev–Trinajstić information content (AvgIpc) is 3.17. The van der Waals surface area contributed by atoms with Gasteiger partial charge in [0.25, 0.3) is 0 Å². The summed E-state index contributed by atoms with van der Waals surface area (Å²) in [6.07, 6.45) is 5.50. The maximum absolute atomic E-state index is 5.79. The van der Waals surface area contributed by atoms with E-state index in [1.165, 1.54) is 0 Å². The number of nitrogens with one attached hydrogen (secondary N) is 1. The summed E-state index contributed by atoms with van der Waals surface area (Å²) in [5.41, 5.74) is 7.28. The number of rotatable bonds is 4. The molecule has 0 bridgehead atoms. The molecule has 0 aliphatic heterocycles. The van der Waals surface area contributed by atoms with Gasteiger partial charge in [-0.15, -0.1) is 0 Å². The number of aromatic nitrogens is 3. The molecule has 3 heterocycles. The molecule has 0 saturated carbocycles. The molecule has 0 atom stereocenters. The van der Waals surface area contributed by atoms with E-state index in [1.807, 2.05) is 30.6 Å². The molecule has 30 heavy (non-hydrogen) atoms. The Bertz CT molecular complexity index is 1360. The first-order chi connectivity index (χ1) is 14.7. The van der Waals surface area contributed by atoms with Crippen LogP contribution in [-0.2, 0) is 0 Å². The number of methoxy groups -OCH3 is 1. The second-order valence-corrected chi connectivity index (χ2v) is 7.49. The quantitative estimate of drug-likeness (QED) is 0.436. The fourth-order valence-corrected chi connectivity index (χ4v) is 3.94. The number of anilines is 1. The van der Waals surface area contributed by atoms with Crippen LogP contribution in [0.15, 0.2) is 73.2 Å². The number of benzene rings is 2. The molecule has 0 radical (unpaired) electrons. The Morgan fingerprint density at radius 3 is 2.53 bits per heavy atom. The van der Waals surface area contributed by atoms with Gasteiger partial charge >= 0.3 is 0 Å². The van der Waals surface area contributed by atoms with Crippen molar-refractivity contribution >= 4 is 27.5 Å². The lowest BCUT2D eigenvalue weighted by Crippen LogP contribution is -2.08. The summed E-state index contributed by atoms with van der Waals surface area (Å²) in [6, 6.07) is 18.7. The van der Waals surface area contributed by atoms with Gasteiger partial charge in [-0.25, -0.2) is 0 Å². The highest BCUT2D eigenvalue weighted by atomic mass is 16.5. The summed E-state index contributed by atoms with van der Waals surface area (Å²) < 4.78 is 5.79. The highest BCUT2D eigenvalue weighted by Gasteiger charge is 2.17. The number of hydrogen-bond acceptors (Lipinski definition) is 4. The molecular weight excluding hydrogens is 372 g/mol. The van der Waals surface area contributed by atoms with E-state index >= 15 is 0 Å². The van der Waals surface area contributed by atoms with Crippen molar-refractivity contribution in [2.24, 2.45) is 0 Å². The Kier molecular flexibility index (Phi) is 4.36. The minimum absolute atomic E-state index is 0.846. The summed E-state index contributed by atoms with van der Waals surface area (Å²) in [7, 11) is 5.82. The molecule has 0 aliphatic carbocycles. The largest absolute Gasteiger partial charge is 0.496 e. The summed E-state index contributed by atoms with van der Waals surface area (Å²) in [4.78, 5) is 14.5. The van der Waals surface area contributed by atoms with E-state index < -0.39 is 0 Å². The highest BCUT2D eigenvalue weighted by Crippen LogP contribution is 2.42. The zero-order valence-electron chi connectivity index (χ0n) is 17.2. The molecule has 5 nitrogen and oxygen atoms in total. The first-order valence-electron chi connectivity index (χ1n) is 9.82. The molecule has 5 rings (SSSR count). The number of fused-ring (bicyclic) bond motifs is 3. The average molecular weight is 394 g/mol. The summed E-state index contributed by atoms with van der Waals surface area (Å²) in [6.45, 7) is 0. The predicted octanol–water partition coefficient (Wildman–Crippen LogP) is 5.52. The van der Waals surface area contributed by atoms with E-state index in [4.69, 9.17) is 4.74 Å². The molecule has 0 fully saturated rings. The van der Waals surface area contributed by atoms with Crippen LogP contribution in [-0.4, -0.2) is 36.2 Å². The minimum Gasteiger partial charge on any atom is -0.496 e. The number of aromatic amines is 1. The van der Waals surface area contributed by atoms with Crippen LogP contribution < -0.4 is 9.64 Å². The van der Waals surface area contributed by atoms with Crippen LogP contribution in [0.4, 0.5) is 5.69 Å². The van der Waals surface area contributed by atoms with Gasteiger partial charge in [-0.1, -0.05) is 12.1 Å². The molecule has 5 heteroatoms. The van der Waals surface area contributed by atoms with Crippen molar-refractivity contribution in [1.29, 1.82) is 0 Å². The Morgan fingerprint density at radius 2 is 1.77 bits per heavy atom. The predicted molar refractivity (Wildman–Crippen MR) is 123 cm³/mol. The van der Waals surface area contributed by atoms with E-state index in [2.05, 4.69) is 70.3 Å². The van der Waals surface area contributed by atoms with Gasteiger partial charge in [-0.05, 0) is 48.0 Å². The first kappa shape index (κ1) is 18.2. The Labute approximate surface area is 175 Å². The van der Waals surface area contributed by atoms with E-state index in [1.54, 1.807) is 13.3 Å². The number of ether oxygens (including phenoxy) is 1. The van der Waals surface area contributed by atoms with Crippen LogP contribution in [0.3, 0.4) is 0 Å². The molecule has 3 aromatic heterocycles. The first-order valence-corrected chi connectivity index (χ1v) is 9.82. The maximum Gasteiger partial charge on any atom is 0.127 e. The van der Waals surface area contributed by atoms with Gasteiger partial charge < -0.3 is 14.6 Å². The van der Waals surface area contributed by atoms with Crippen LogP contribution in [0.5, 0.6) is 5.75 Å². The van der Waals surface area contributed by atoms with Gasteiger partial charge in [0.1, 0.15) is 5.75 Å². The van der Waals surface area contributed by atoms with Crippen LogP contribution in [0.1, 0.15) is 0 Å². The zero-order chi connectivity index (χ0) is 20.7. The van der Waals surface area contributed by atoms with Crippen molar-refractivity contribution in [3.8, 4) is 28.1 Å². The Hall–Kier alpha value is -3.86. The van der Waals surface area contributed by atoms with Crippen molar-refractivity contribution in [2.75, 3.05) is 26.1 Å². The monoisotopic (exact) mass is 394 g/mol. The van der Waals surface area contributed by atoms with Gasteiger partial charge in [0.2, 0.25) is 0 Å². The Morgan fingerprint density at radius 1 is 0.900 bits per heavy atom. The molecular formula is C25H22N4O. The third-order valence-corrected chi connectivity index (χ3v) is 5.44. The molecule has 1 N–H and O–H groups in total. The fraction of sp³-hybridized carbons (Fsp3) is 0.120. The third-order valence-electron chi connectivity index (χ3n) is 5.44. The molecule has 0 unspecified atom stereocenters. The van der Waals surface area contributed by atoms with Crippen molar-refractivity contribution < 1.29 is 4.74 Å². The van der Waals surface area contributed by atoms with Gasteiger partial charge in [-0.2, -0.15) is 0 Å². The maximum atomic E-state index is 5.79. The number of pyridine rings is 2. The van der Waals surface area contributed by atoms with Crippen molar-refractivity contribution in [3.63, 3.8) is 0 Å². The molecule has 148 valence electrons. The zero-order valence-corrected chi connectivity index (χ0v) is 17.2. The van der Waals surface area contributed by atoms with Gasteiger partial charge in [0.05, 0.1) is 24.5 Å². The standard InChI is InChI=1S/C25H22N4O/c1-29(2)18-8-4-6-16(12-18)24-23(30-3)10-9-20-25(24)19-13-21(27-15-22(19)28-20)17-7-5-11-26-14-17/h4-15,28H,1-3H3. The van der Waals surface area contributed by atoms with Crippen molar-refractivity contribution in [3.05, 3.63) is 73.2 Å². The van der Waals surface area contributed by atoms with Crippen molar-refractivity contribution in [1.82, 2.24) is 15.0 Å². The van der Waals surface area contributed by atoms with E-state index in [0.29, 0.717) is 0 Å². The van der Waals surface area contributed by atoms with E-state index in [0.717, 1.165) is 55.6 Å². The summed E-state index contributed by atoms with van der Waals surface area (Å²) in [5.74, 6) is 0.846. The highest BCUT2D eigenvalue weighted by molar-refractivity contribution is 6.16. The molecule has 5 aromatic rings. The molecule has 0 spiro atoms. The fourth-order valence-electron chi connectivity index (χ4n) is 3.94. The Balaban J connectivity index is 1.83. The van der Waals surface area contributed by atoms with Crippen LogP contribution in [0.2, 0.25) is 0 Å². The van der Waals surface area contributed by atoms with Gasteiger partial charge in [0, 0.05) is 59.6 Å². The van der Waals surface area contributed by atoms with Crippen LogP contribution in [0, 0.1) is 0 Å². The van der Waals surface area contributed by atoms with Gasteiger partial charge in [-0.3, -0.25) is 9.97 Å². The summed E-state index contributed by atoms with van der Waals surface area (Å²) in [5, 5.41) is 2.25. The second kappa shape index (κ2) is 7.19. The summed E-state index contributed by atoms with van der Waals surface area (Å²) >= 11 is 0. The van der Waals surface area contributed by atoms with Crippen LogP contribution in [0.25, 0.3) is 44.2 Å². The lowest BCUT2D eigenvalue weighted by atomic mass is 9.97. The number of nitrogens with zero attached hydrogens (tertiary/aromatic N) is 3. The number of H-pyrrole nitrogens is 1. The minimum atomic E-state index is 0.846. The lowest BCUT2D eigenvalue weighted by Gasteiger charge is -2.16. The molecule has 2 aromatic carbocycles. The number of hydrogen-bond donors (Lipinski definition) is 1. The molecule has 0 saturated heterocycles. The molecule has 0 aliphatic rings. The SMILES string of the molecule is COc1ccc2[nH]c3cnc(-c4cccnc4)cc3c2c1-c1cccc(N(C)C)c1.